The monoisotopic (exact) mass is 521 g/mol. The zero-order chi connectivity index (χ0) is 26.7. The molecule has 2 heterocycles. The maximum absolute atomic E-state index is 13.6. The highest BCUT2D eigenvalue weighted by Gasteiger charge is 2.47. The number of hydrogen-bond acceptors (Lipinski definition) is 7. The Morgan fingerprint density at radius 2 is 1.78 bits per heavy atom. The number of imide groups is 1. The molecule has 0 aliphatic carbocycles. The minimum atomic E-state index is -1.17. The molecule has 1 aliphatic heterocycles. The van der Waals surface area contributed by atoms with Crippen molar-refractivity contribution in [3.63, 3.8) is 0 Å². The molecule has 3 atom stereocenters. The molecular weight excluding hydrogens is 494 g/mol. The second-order valence-electron chi connectivity index (χ2n) is 8.73. The number of carbonyl (C=O) groups is 4. The number of hydrogen-bond donors (Lipinski definition) is 2. The van der Waals surface area contributed by atoms with E-state index in [0.717, 1.165) is 21.8 Å². The standard InChI is InChI=1S/C26H27N5O5S/c1-15(16-8-6-5-7-9-16)21(22(32)29-25-27-19(14-37-25)23(33)30(2)3)31-24(34)20(28-26(31)35)17-10-12-18(36-4)13-11-17/h5-15,20-21H,1-4H3,(H,28,35)(H,27,29,32)/t15-,20+,21-/m0/s1. The summed E-state index contributed by atoms with van der Waals surface area (Å²) in [5.74, 6) is -1.35. The SMILES string of the molecule is COc1ccc([C@H]2NC(=O)N([C@H](C(=O)Nc3nc(C(=O)N(C)C)cs3)[C@@H](C)c3ccccc3)C2=O)cc1. The highest BCUT2D eigenvalue weighted by atomic mass is 32.1. The number of thiazole rings is 1. The molecule has 0 unspecified atom stereocenters. The number of ether oxygens (including phenoxy) is 1. The Morgan fingerprint density at radius 3 is 2.41 bits per heavy atom. The Hall–Kier alpha value is -4.25. The van der Waals surface area contributed by atoms with Crippen LogP contribution in [0.5, 0.6) is 5.75 Å². The molecule has 192 valence electrons. The average Bonchev–Trinajstić information content (AvgIpc) is 3.48. The molecule has 0 saturated carbocycles. The van der Waals surface area contributed by atoms with Crippen LogP contribution in [-0.2, 0) is 9.59 Å². The largest absolute Gasteiger partial charge is 0.497 e. The molecule has 5 amide bonds. The normalized spacial score (nSPS) is 16.6. The number of anilines is 1. The van der Waals surface area contributed by atoms with Gasteiger partial charge >= 0.3 is 6.03 Å². The molecule has 1 aromatic heterocycles. The molecule has 4 rings (SSSR count). The molecule has 2 aromatic carbocycles. The topological polar surface area (TPSA) is 121 Å². The Balaban J connectivity index is 1.65. The third-order valence-electron chi connectivity index (χ3n) is 6.13. The maximum atomic E-state index is 13.6. The van der Waals surface area contributed by atoms with Gasteiger partial charge in [-0.3, -0.25) is 14.4 Å². The minimum Gasteiger partial charge on any atom is -0.497 e. The molecule has 10 nitrogen and oxygen atoms in total. The van der Waals surface area contributed by atoms with Crippen LogP contribution in [-0.4, -0.2) is 65.8 Å². The first kappa shape index (κ1) is 25.8. The van der Waals surface area contributed by atoms with Gasteiger partial charge in [-0.1, -0.05) is 49.4 Å². The fourth-order valence-electron chi connectivity index (χ4n) is 4.12. The van der Waals surface area contributed by atoms with Crippen LogP contribution in [0.2, 0.25) is 0 Å². The molecule has 2 N–H and O–H groups in total. The molecule has 37 heavy (non-hydrogen) atoms. The first-order chi connectivity index (χ1) is 17.7. The van der Waals surface area contributed by atoms with Crippen LogP contribution < -0.4 is 15.4 Å². The van der Waals surface area contributed by atoms with Gasteiger partial charge in [0.25, 0.3) is 11.8 Å². The van der Waals surface area contributed by atoms with E-state index in [1.807, 2.05) is 30.3 Å². The zero-order valence-corrected chi connectivity index (χ0v) is 21.6. The Bertz CT molecular complexity index is 1310. The Kier molecular flexibility index (Phi) is 7.53. The van der Waals surface area contributed by atoms with Crippen molar-refractivity contribution in [2.75, 3.05) is 26.5 Å². The summed E-state index contributed by atoms with van der Waals surface area (Å²) in [5.41, 5.74) is 1.53. The van der Waals surface area contributed by atoms with Crippen molar-refractivity contribution in [1.82, 2.24) is 20.1 Å². The van der Waals surface area contributed by atoms with Crippen molar-refractivity contribution in [2.24, 2.45) is 0 Å². The quantitative estimate of drug-likeness (QED) is 0.439. The van der Waals surface area contributed by atoms with Gasteiger partial charge in [0.05, 0.1) is 7.11 Å². The van der Waals surface area contributed by atoms with Gasteiger partial charge in [0.1, 0.15) is 23.5 Å². The third kappa shape index (κ3) is 5.31. The number of methoxy groups -OCH3 is 1. The molecule has 11 heteroatoms. The van der Waals surface area contributed by atoms with Crippen molar-refractivity contribution in [2.45, 2.75) is 24.9 Å². The maximum Gasteiger partial charge on any atom is 0.325 e. The molecule has 1 saturated heterocycles. The van der Waals surface area contributed by atoms with Gasteiger partial charge in [-0.25, -0.2) is 14.7 Å². The van der Waals surface area contributed by atoms with Gasteiger partial charge in [-0.2, -0.15) is 0 Å². The van der Waals surface area contributed by atoms with Crippen molar-refractivity contribution < 1.29 is 23.9 Å². The van der Waals surface area contributed by atoms with Gasteiger partial charge in [-0.05, 0) is 23.3 Å². The van der Waals surface area contributed by atoms with Crippen molar-refractivity contribution in [1.29, 1.82) is 0 Å². The lowest BCUT2D eigenvalue weighted by atomic mass is 9.91. The summed E-state index contributed by atoms with van der Waals surface area (Å²) >= 11 is 1.09. The number of benzene rings is 2. The van der Waals surface area contributed by atoms with Crippen LogP contribution in [0.3, 0.4) is 0 Å². The van der Waals surface area contributed by atoms with Crippen LogP contribution in [0.4, 0.5) is 9.93 Å². The summed E-state index contributed by atoms with van der Waals surface area (Å²) in [7, 11) is 4.75. The number of urea groups is 1. The third-order valence-corrected chi connectivity index (χ3v) is 6.88. The number of aromatic nitrogens is 1. The predicted molar refractivity (Wildman–Crippen MR) is 139 cm³/mol. The first-order valence-electron chi connectivity index (χ1n) is 11.5. The fourth-order valence-corrected chi connectivity index (χ4v) is 4.81. The van der Waals surface area contributed by atoms with E-state index in [-0.39, 0.29) is 16.7 Å². The second kappa shape index (κ2) is 10.8. The molecular formula is C26H27N5O5S. The van der Waals surface area contributed by atoms with E-state index < -0.39 is 35.8 Å². The number of nitrogens with zero attached hydrogens (tertiary/aromatic N) is 3. The van der Waals surface area contributed by atoms with Crippen molar-refractivity contribution in [3.05, 3.63) is 76.8 Å². The average molecular weight is 522 g/mol. The van der Waals surface area contributed by atoms with Crippen molar-refractivity contribution >= 4 is 40.2 Å². The van der Waals surface area contributed by atoms with Gasteiger partial charge < -0.3 is 20.3 Å². The number of rotatable bonds is 8. The highest BCUT2D eigenvalue weighted by molar-refractivity contribution is 7.14. The number of nitrogens with one attached hydrogen (secondary N) is 2. The van der Waals surface area contributed by atoms with Crippen LogP contribution >= 0.6 is 11.3 Å². The lowest BCUT2D eigenvalue weighted by Crippen LogP contribution is -2.50. The lowest BCUT2D eigenvalue weighted by Gasteiger charge is -2.29. The molecule has 1 fully saturated rings. The summed E-state index contributed by atoms with van der Waals surface area (Å²) in [4.78, 5) is 59.1. The smallest absolute Gasteiger partial charge is 0.325 e. The Morgan fingerprint density at radius 1 is 1.11 bits per heavy atom. The van der Waals surface area contributed by atoms with E-state index in [0.29, 0.717) is 11.3 Å². The summed E-state index contributed by atoms with van der Waals surface area (Å²) < 4.78 is 5.17. The first-order valence-corrected chi connectivity index (χ1v) is 12.4. The molecule has 0 radical (unpaired) electrons. The number of amides is 5. The van der Waals surface area contributed by atoms with E-state index in [9.17, 15) is 19.2 Å². The zero-order valence-electron chi connectivity index (χ0n) is 20.8. The summed E-state index contributed by atoms with van der Waals surface area (Å²) in [6, 6.07) is 13.2. The highest BCUT2D eigenvalue weighted by Crippen LogP contribution is 2.32. The minimum absolute atomic E-state index is 0.188. The van der Waals surface area contributed by atoms with Crippen molar-refractivity contribution in [3.8, 4) is 5.75 Å². The molecule has 3 aromatic rings. The van der Waals surface area contributed by atoms with Gasteiger partial charge in [0.2, 0.25) is 5.91 Å². The van der Waals surface area contributed by atoms with E-state index in [2.05, 4.69) is 15.6 Å². The van der Waals surface area contributed by atoms with Crippen LogP contribution in [0.1, 0.15) is 40.5 Å². The molecule has 0 bridgehead atoms. The van der Waals surface area contributed by atoms with E-state index in [1.54, 1.807) is 50.7 Å². The molecule has 1 aliphatic rings. The molecule has 0 spiro atoms. The summed E-state index contributed by atoms with van der Waals surface area (Å²) in [5, 5.41) is 7.14. The fraction of sp³-hybridized carbons (Fsp3) is 0.269. The van der Waals surface area contributed by atoms with Gasteiger partial charge in [0.15, 0.2) is 5.13 Å². The van der Waals surface area contributed by atoms with Gasteiger partial charge in [0, 0.05) is 25.4 Å². The Labute approximate surface area is 218 Å². The van der Waals surface area contributed by atoms with Crippen LogP contribution in [0, 0.1) is 0 Å². The summed E-state index contributed by atoms with van der Waals surface area (Å²) in [6.45, 7) is 1.78. The van der Waals surface area contributed by atoms with E-state index in [4.69, 9.17) is 4.74 Å². The van der Waals surface area contributed by atoms with E-state index in [1.165, 1.54) is 12.0 Å². The van der Waals surface area contributed by atoms with Crippen LogP contribution in [0.25, 0.3) is 0 Å². The lowest BCUT2D eigenvalue weighted by molar-refractivity contribution is -0.134. The number of carbonyl (C=O) groups excluding carboxylic acids is 4. The van der Waals surface area contributed by atoms with E-state index >= 15 is 0 Å². The predicted octanol–water partition coefficient (Wildman–Crippen LogP) is 3.26. The second-order valence-corrected chi connectivity index (χ2v) is 9.59. The van der Waals surface area contributed by atoms with Crippen LogP contribution in [0.15, 0.2) is 60.0 Å². The summed E-state index contributed by atoms with van der Waals surface area (Å²) in [6.07, 6.45) is 0. The van der Waals surface area contributed by atoms with Gasteiger partial charge in [-0.15, -0.1) is 11.3 Å².